The number of esters is 1. The van der Waals surface area contributed by atoms with Gasteiger partial charge in [0.25, 0.3) is 0 Å². The molecule has 0 aliphatic heterocycles. The van der Waals surface area contributed by atoms with Crippen molar-refractivity contribution < 1.29 is 14.3 Å². The Kier molecular flexibility index (Phi) is 6.21. The van der Waals surface area contributed by atoms with Gasteiger partial charge in [-0.3, -0.25) is 4.79 Å². The summed E-state index contributed by atoms with van der Waals surface area (Å²) in [7, 11) is 1.25. The minimum absolute atomic E-state index is 0.225. The van der Waals surface area contributed by atoms with Gasteiger partial charge in [-0.2, -0.15) is 5.26 Å². The van der Waals surface area contributed by atoms with Gasteiger partial charge in [0.15, 0.2) is 0 Å². The molecule has 0 atom stereocenters. The van der Waals surface area contributed by atoms with Crippen molar-refractivity contribution in [1.82, 2.24) is 0 Å². The number of thiophene rings is 1. The van der Waals surface area contributed by atoms with Gasteiger partial charge < -0.3 is 10.1 Å². The van der Waals surface area contributed by atoms with Crippen LogP contribution in [0.1, 0.15) is 26.4 Å². The first kappa shape index (κ1) is 19.0. The van der Waals surface area contributed by atoms with Crippen LogP contribution in [0.15, 0.2) is 24.3 Å². The number of carbonyl (C=O) groups is 2. The summed E-state index contributed by atoms with van der Waals surface area (Å²) in [6.07, 6.45) is 2.73. The first-order valence-corrected chi connectivity index (χ1v) is 8.51. The number of nitrogens with one attached hydrogen (secondary N) is 1. The van der Waals surface area contributed by atoms with Gasteiger partial charge in [0.1, 0.15) is 15.9 Å². The number of anilines is 1. The maximum Gasteiger partial charge on any atom is 0.348 e. The second-order valence-corrected chi connectivity index (χ2v) is 6.66. The second kappa shape index (κ2) is 8.17. The van der Waals surface area contributed by atoms with E-state index < -0.39 is 11.9 Å². The number of hydrogen-bond donors (Lipinski definition) is 1. The molecule has 2 rings (SSSR count). The van der Waals surface area contributed by atoms with Gasteiger partial charge in [-0.1, -0.05) is 29.3 Å². The molecule has 0 bridgehead atoms. The number of benzene rings is 1. The van der Waals surface area contributed by atoms with Crippen molar-refractivity contribution in [2.75, 3.05) is 12.4 Å². The molecule has 0 radical (unpaired) electrons. The number of methoxy groups -OCH3 is 1. The van der Waals surface area contributed by atoms with E-state index in [1.54, 1.807) is 25.1 Å². The standard InChI is InChI=1S/C17H12Cl2N2O3S/c1-9-11(8-20)16(25-15(9)17(23)24-2)21-14(22)7-6-10-12(18)4-3-5-13(10)19/h3-7H,1-2H3,(H,21,22)/b7-6+. The highest BCUT2D eigenvalue weighted by Gasteiger charge is 2.21. The van der Waals surface area contributed by atoms with E-state index in [0.717, 1.165) is 11.3 Å². The second-order valence-electron chi connectivity index (χ2n) is 4.82. The van der Waals surface area contributed by atoms with Crippen LogP contribution in [0.2, 0.25) is 10.0 Å². The predicted octanol–water partition coefficient (Wildman–Crippen LogP) is 4.67. The van der Waals surface area contributed by atoms with Gasteiger partial charge in [-0.25, -0.2) is 4.79 Å². The largest absolute Gasteiger partial charge is 0.465 e. The van der Waals surface area contributed by atoms with Gasteiger partial charge in [0.05, 0.1) is 12.7 Å². The average Bonchev–Trinajstić information content (AvgIpc) is 2.89. The molecule has 0 unspecified atom stereocenters. The van der Waals surface area contributed by atoms with Crippen molar-refractivity contribution in [3.63, 3.8) is 0 Å². The monoisotopic (exact) mass is 394 g/mol. The van der Waals surface area contributed by atoms with E-state index in [-0.39, 0.29) is 15.4 Å². The average molecular weight is 395 g/mol. The number of ether oxygens (including phenoxy) is 1. The Balaban J connectivity index is 2.25. The van der Waals surface area contributed by atoms with Crippen molar-refractivity contribution in [3.8, 4) is 6.07 Å². The number of halogens is 2. The highest BCUT2D eigenvalue weighted by Crippen LogP contribution is 2.33. The van der Waals surface area contributed by atoms with E-state index in [0.29, 0.717) is 21.2 Å². The van der Waals surface area contributed by atoms with Gasteiger partial charge in [0, 0.05) is 21.7 Å². The van der Waals surface area contributed by atoms with Gasteiger partial charge >= 0.3 is 5.97 Å². The lowest BCUT2D eigenvalue weighted by atomic mass is 10.1. The van der Waals surface area contributed by atoms with Crippen LogP contribution in [0, 0.1) is 18.3 Å². The fourth-order valence-electron chi connectivity index (χ4n) is 2.01. The summed E-state index contributed by atoms with van der Waals surface area (Å²) in [5.41, 5.74) is 1.20. The Bertz CT molecular complexity index is 893. The molecule has 0 aliphatic carbocycles. The molecular formula is C17H12Cl2N2O3S. The number of hydrogen-bond acceptors (Lipinski definition) is 5. The molecule has 0 aliphatic rings. The van der Waals surface area contributed by atoms with Crippen molar-refractivity contribution in [2.24, 2.45) is 0 Å². The molecule has 25 heavy (non-hydrogen) atoms. The van der Waals surface area contributed by atoms with E-state index in [1.807, 2.05) is 6.07 Å². The lowest BCUT2D eigenvalue weighted by molar-refractivity contribution is -0.111. The van der Waals surface area contributed by atoms with Crippen LogP contribution in [0.4, 0.5) is 5.00 Å². The Morgan fingerprint density at radius 1 is 1.32 bits per heavy atom. The third kappa shape index (κ3) is 4.20. The number of amides is 1. The third-order valence-corrected chi connectivity index (χ3v) is 5.11. The molecule has 128 valence electrons. The summed E-state index contributed by atoms with van der Waals surface area (Å²) in [5, 5.41) is 12.9. The molecule has 1 aromatic heterocycles. The number of rotatable bonds is 4. The zero-order valence-electron chi connectivity index (χ0n) is 13.2. The first-order chi connectivity index (χ1) is 11.9. The molecule has 0 fully saturated rings. The summed E-state index contributed by atoms with van der Waals surface area (Å²) in [6, 6.07) is 6.99. The Morgan fingerprint density at radius 3 is 2.52 bits per heavy atom. The van der Waals surface area contributed by atoms with Gasteiger partial charge in [-0.15, -0.1) is 11.3 Å². The summed E-state index contributed by atoms with van der Waals surface area (Å²) >= 11 is 13.1. The van der Waals surface area contributed by atoms with E-state index in [2.05, 4.69) is 10.1 Å². The summed E-state index contributed by atoms with van der Waals surface area (Å²) in [6.45, 7) is 1.62. The molecule has 1 aromatic carbocycles. The molecule has 0 saturated carbocycles. The summed E-state index contributed by atoms with van der Waals surface area (Å²) in [5.74, 6) is -1.04. The topological polar surface area (TPSA) is 79.2 Å². The van der Waals surface area contributed by atoms with Crippen molar-refractivity contribution in [2.45, 2.75) is 6.92 Å². The predicted molar refractivity (Wildman–Crippen MR) is 99.2 cm³/mol. The highest BCUT2D eigenvalue weighted by atomic mass is 35.5. The lowest BCUT2D eigenvalue weighted by Gasteiger charge is -2.02. The van der Waals surface area contributed by atoms with Crippen LogP contribution >= 0.6 is 34.5 Å². The minimum Gasteiger partial charge on any atom is -0.465 e. The van der Waals surface area contributed by atoms with Crippen LogP contribution in [0.25, 0.3) is 6.08 Å². The highest BCUT2D eigenvalue weighted by molar-refractivity contribution is 7.18. The fraction of sp³-hybridized carbons (Fsp3) is 0.118. The van der Waals surface area contributed by atoms with E-state index in [9.17, 15) is 14.9 Å². The van der Waals surface area contributed by atoms with Crippen LogP contribution in [-0.4, -0.2) is 19.0 Å². The first-order valence-electron chi connectivity index (χ1n) is 6.94. The van der Waals surface area contributed by atoms with Crippen LogP contribution in [0.3, 0.4) is 0 Å². The zero-order chi connectivity index (χ0) is 18.6. The van der Waals surface area contributed by atoms with Crippen LogP contribution < -0.4 is 5.32 Å². The normalized spacial score (nSPS) is 10.5. The third-order valence-electron chi connectivity index (χ3n) is 3.27. The fourth-order valence-corrected chi connectivity index (χ4v) is 3.61. The van der Waals surface area contributed by atoms with Crippen molar-refractivity contribution in [1.29, 1.82) is 5.26 Å². The Labute approximate surface area is 158 Å². The Morgan fingerprint density at radius 2 is 1.96 bits per heavy atom. The van der Waals surface area contributed by atoms with Crippen molar-refractivity contribution >= 4 is 57.5 Å². The Hall–Kier alpha value is -2.33. The molecule has 5 nitrogen and oxygen atoms in total. The molecule has 1 N–H and O–H groups in total. The minimum atomic E-state index is -0.558. The molecule has 1 heterocycles. The van der Waals surface area contributed by atoms with Crippen LogP contribution in [0.5, 0.6) is 0 Å². The molecule has 2 aromatic rings. The number of carbonyl (C=O) groups excluding carboxylic acids is 2. The number of nitrogens with zero attached hydrogens (tertiary/aromatic N) is 1. The zero-order valence-corrected chi connectivity index (χ0v) is 15.6. The lowest BCUT2D eigenvalue weighted by Crippen LogP contribution is -2.07. The smallest absolute Gasteiger partial charge is 0.348 e. The van der Waals surface area contributed by atoms with Gasteiger partial charge in [-0.05, 0) is 30.7 Å². The van der Waals surface area contributed by atoms with E-state index in [1.165, 1.54) is 19.3 Å². The molecule has 0 saturated heterocycles. The SMILES string of the molecule is COC(=O)c1sc(NC(=O)/C=C/c2c(Cl)cccc2Cl)c(C#N)c1C. The van der Waals surface area contributed by atoms with Gasteiger partial charge in [0.2, 0.25) is 5.91 Å². The van der Waals surface area contributed by atoms with E-state index >= 15 is 0 Å². The number of nitriles is 1. The quantitative estimate of drug-likeness (QED) is 0.603. The maximum atomic E-state index is 12.1. The molecule has 8 heteroatoms. The maximum absolute atomic E-state index is 12.1. The van der Waals surface area contributed by atoms with Crippen molar-refractivity contribution in [3.05, 3.63) is 55.9 Å². The molecule has 0 spiro atoms. The van der Waals surface area contributed by atoms with Crippen LogP contribution in [-0.2, 0) is 9.53 Å². The molecular weight excluding hydrogens is 383 g/mol. The summed E-state index contributed by atoms with van der Waals surface area (Å²) < 4.78 is 4.67. The van der Waals surface area contributed by atoms with E-state index in [4.69, 9.17) is 23.2 Å². The summed E-state index contributed by atoms with van der Waals surface area (Å²) in [4.78, 5) is 24.1. The molecule has 1 amide bonds.